The average Bonchev–Trinajstić information content (AvgIpc) is 3.68. The molecule has 0 unspecified atom stereocenters. The van der Waals surface area contributed by atoms with Gasteiger partial charge in [-0.2, -0.15) is 0 Å². The summed E-state index contributed by atoms with van der Waals surface area (Å²) < 4.78 is 76.7. The number of aromatic nitrogens is 1. The molecule has 0 N–H and O–H groups in total. The van der Waals surface area contributed by atoms with Crippen molar-refractivity contribution in [3.63, 3.8) is 0 Å². The number of nitrogens with zero attached hydrogens (tertiary/aromatic N) is 3. The number of hydrogen-bond acceptors (Lipinski definition) is 2. The number of para-hydroxylation sites is 5. The van der Waals surface area contributed by atoms with E-state index in [9.17, 15) is 11.0 Å². The first kappa shape index (κ1) is 26.2. The molecule has 1 heterocycles. The van der Waals surface area contributed by atoms with E-state index < -0.39 is 0 Å². The van der Waals surface area contributed by atoms with Crippen molar-refractivity contribution in [1.29, 1.82) is 0 Å². The Morgan fingerprint density at radius 2 is 0.702 bits per heavy atom. The fourth-order valence-corrected chi connectivity index (χ4v) is 7.43. The van der Waals surface area contributed by atoms with E-state index in [4.69, 9.17) is 0 Å². The SMILES string of the molecule is [2H]c1c([2H])c(N(c2ccccc2)c2ccccc2)c([2H])c([2H])c1-c1ccc(-c2c([2H])c([2H])c(N(c3ccccc3)c3ccc4c5ccccc5n(-c5ccccc5)c4c3)c([2H])c2[2H])cc1. The van der Waals surface area contributed by atoms with Crippen LogP contribution < -0.4 is 9.80 Å². The van der Waals surface area contributed by atoms with E-state index >= 15 is 0 Å². The molecule has 0 spiro atoms. The van der Waals surface area contributed by atoms with Crippen LogP contribution in [0.1, 0.15) is 11.0 Å². The Hall–Kier alpha value is -7.62. The lowest BCUT2D eigenvalue weighted by Gasteiger charge is -2.26. The Morgan fingerprint density at radius 1 is 0.298 bits per heavy atom. The topological polar surface area (TPSA) is 11.4 Å². The zero-order valence-electron chi connectivity index (χ0n) is 38.7. The van der Waals surface area contributed by atoms with Crippen LogP contribution in [0.2, 0.25) is 0 Å². The molecule has 3 nitrogen and oxygen atoms in total. The highest BCUT2D eigenvalue weighted by molar-refractivity contribution is 6.10. The Labute approximate surface area is 344 Å². The summed E-state index contributed by atoms with van der Waals surface area (Å²) in [5.41, 5.74) is 6.84. The summed E-state index contributed by atoms with van der Waals surface area (Å²) in [5, 5.41) is 2.11. The van der Waals surface area contributed by atoms with Crippen molar-refractivity contribution < 1.29 is 11.0 Å². The van der Waals surface area contributed by atoms with E-state index in [0.717, 1.165) is 27.5 Å². The Balaban J connectivity index is 1.07. The van der Waals surface area contributed by atoms with Gasteiger partial charge < -0.3 is 14.4 Å². The highest BCUT2D eigenvalue weighted by atomic mass is 15.1. The van der Waals surface area contributed by atoms with Crippen molar-refractivity contribution in [3.8, 4) is 27.9 Å². The largest absolute Gasteiger partial charge is 0.311 e. The first-order valence-corrected chi connectivity index (χ1v) is 18.8. The first-order valence-electron chi connectivity index (χ1n) is 22.8. The molecule has 3 heteroatoms. The molecular formula is C54H39N3. The van der Waals surface area contributed by atoms with E-state index in [1.54, 1.807) is 34.1 Å². The van der Waals surface area contributed by atoms with Crippen LogP contribution in [0.15, 0.2) is 236 Å². The summed E-state index contributed by atoms with van der Waals surface area (Å²) in [6.07, 6.45) is 0. The summed E-state index contributed by atoms with van der Waals surface area (Å²) in [6, 6.07) is 57.1. The van der Waals surface area contributed by atoms with Crippen LogP contribution in [0.4, 0.5) is 34.1 Å². The Kier molecular flexibility index (Phi) is 6.86. The predicted molar refractivity (Wildman–Crippen MR) is 241 cm³/mol. The lowest BCUT2D eigenvalue weighted by atomic mass is 9.99. The second-order valence-electron chi connectivity index (χ2n) is 13.6. The van der Waals surface area contributed by atoms with Crippen LogP contribution >= 0.6 is 0 Å². The van der Waals surface area contributed by atoms with Gasteiger partial charge in [-0.05, 0) is 113 Å². The maximum Gasteiger partial charge on any atom is 0.0645 e. The van der Waals surface area contributed by atoms with Crippen LogP contribution in [-0.2, 0) is 0 Å². The van der Waals surface area contributed by atoms with Gasteiger partial charge in [0, 0.05) is 50.6 Å². The second-order valence-corrected chi connectivity index (χ2v) is 13.6. The maximum atomic E-state index is 9.51. The van der Waals surface area contributed by atoms with Crippen molar-refractivity contribution in [3.05, 3.63) is 236 Å². The van der Waals surface area contributed by atoms with E-state index in [1.165, 1.54) is 0 Å². The molecule has 270 valence electrons. The maximum absolute atomic E-state index is 9.51. The third kappa shape index (κ3) is 6.52. The first-order chi connectivity index (χ1) is 31.6. The molecule has 0 saturated heterocycles. The van der Waals surface area contributed by atoms with Crippen LogP contribution in [0, 0.1) is 0 Å². The number of rotatable bonds is 9. The zero-order valence-corrected chi connectivity index (χ0v) is 30.7. The van der Waals surface area contributed by atoms with Crippen molar-refractivity contribution in [2.45, 2.75) is 0 Å². The minimum atomic E-state index is -0.232. The van der Waals surface area contributed by atoms with Crippen molar-refractivity contribution in [2.24, 2.45) is 0 Å². The number of benzene rings is 9. The summed E-state index contributed by atoms with van der Waals surface area (Å²) in [5.74, 6) is 0. The summed E-state index contributed by atoms with van der Waals surface area (Å²) in [6.45, 7) is 0. The molecule has 0 atom stereocenters. The van der Waals surface area contributed by atoms with Crippen LogP contribution in [0.5, 0.6) is 0 Å². The van der Waals surface area contributed by atoms with Crippen LogP contribution in [0.25, 0.3) is 49.7 Å². The van der Waals surface area contributed by atoms with Gasteiger partial charge in [-0.1, -0.05) is 145 Å². The molecule has 0 aliphatic carbocycles. The Morgan fingerprint density at radius 3 is 1.19 bits per heavy atom. The van der Waals surface area contributed by atoms with E-state index in [-0.39, 0.29) is 70.8 Å². The van der Waals surface area contributed by atoms with Crippen molar-refractivity contribution in [1.82, 2.24) is 4.57 Å². The number of anilines is 6. The van der Waals surface area contributed by atoms with Crippen LogP contribution in [0.3, 0.4) is 0 Å². The van der Waals surface area contributed by atoms with Gasteiger partial charge in [0.1, 0.15) is 0 Å². The Bertz CT molecular complexity index is 3300. The molecule has 0 fully saturated rings. The molecule has 0 saturated carbocycles. The highest BCUT2D eigenvalue weighted by Crippen LogP contribution is 2.41. The van der Waals surface area contributed by atoms with Gasteiger partial charge in [-0.15, -0.1) is 0 Å². The molecule has 0 aliphatic heterocycles. The van der Waals surface area contributed by atoms with Gasteiger partial charge in [0.15, 0.2) is 0 Å². The van der Waals surface area contributed by atoms with Gasteiger partial charge in [0.05, 0.1) is 22.0 Å². The zero-order chi connectivity index (χ0) is 44.9. The standard InChI is InChI=1S/C54H39N3/c1-5-15-44(16-6-1)55(45-17-7-2-8-18-45)48-33-29-42(30-34-48)40-25-27-41(28-26-40)43-31-35-49(36-32-43)56(46-19-9-3-10-20-46)50-37-38-52-51-23-13-14-24-53(51)57(54(52)39-50)47-21-11-4-12-22-47/h1-39H/i29D,30D,31D,32D,33D,34D,35D,36D. The number of hydrogen-bond donors (Lipinski definition) is 0. The monoisotopic (exact) mass is 737 g/mol. The quantitative estimate of drug-likeness (QED) is 0.146. The smallest absolute Gasteiger partial charge is 0.0645 e. The molecule has 1 aromatic heterocycles. The lowest BCUT2D eigenvalue weighted by molar-refractivity contribution is 1.18. The predicted octanol–water partition coefficient (Wildman–Crippen LogP) is 15.1. The van der Waals surface area contributed by atoms with Crippen molar-refractivity contribution >= 4 is 55.9 Å². The summed E-state index contributed by atoms with van der Waals surface area (Å²) >= 11 is 0. The molecule has 57 heavy (non-hydrogen) atoms. The normalized spacial score (nSPS) is 13.1. The minimum Gasteiger partial charge on any atom is -0.311 e. The third-order valence-electron chi connectivity index (χ3n) is 10.1. The minimum absolute atomic E-state index is 0.0945. The van der Waals surface area contributed by atoms with Gasteiger partial charge in [0.2, 0.25) is 0 Å². The summed E-state index contributed by atoms with van der Waals surface area (Å²) in [4.78, 5) is 3.50. The molecule has 0 amide bonds. The molecule has 0 aliphatic rings. The molecule has 10 aromatic rings. The van der Waals surface area contributed by atoms with Gasteiger partial charge >= 0.3 is 0 Å². The summed E-state index contributed by atoms with van der Waals surface area (Å²) in [7, 11) is 0. The molecular weight excluding hydrogens is 691 g/mol. The van der Waals surface area contributed by atoms with Gasteiger partial charge in [-0.3, -0.25) is 0 Å². The van der Waals surface area contributed by atoms with Gasteiger partial charge in [-0.25, -0.2) is 0 Å². The second kappa shape index (κ2) is 14.9. The fourth-order valence-electron chi connectivity index (χ4n) is 7.43. The fraction of sp³-hybridized carbons (Fsp3) is 0. The number of fused-ring (bicyclic) bond motifs is 3. The molecule has 9 aromatic carbocycles. The van der Waals surface area contributed by atoms with Crippen molar-refractivity contribution in [2.75, 3.05) is 9.80 Å². The lowest BCUT2D eigenvalue weighted by Crippen LogP contribution is -2.10. The average molecular weight is 738 g/mol. The third-order valence-corrected chi connectivity index (χ3v) is 10.1. The van der Waals surface area contributed by atoms with Gasteiger partial charge in [0.25, 0.3) is 0 Å². The van der Waals surface area contributed by atoms with E-state index in [2.05, 4.69) is 28.8 Å². The molecule has 0 radical (unpaired) electrons. The van der Waals surface area contributed by atoms with E-state index in [0.29, 0.717) is 33.9 Å². The highest BCUT2D eigenvalue weighted by Gasteiger charge is 2.18. The van der Waals surface area contributed by atoms with Crippen LogP contribution in [-0.4, -0.2) is 4.57 Å². The molecule has 10 rings (SSSR count). The van der Waals surface area contributed by atoms with E-state index in [1.807, 2.05) is 140 Å². The molecule has 0 bridgehead atoms.